The quantitative estimate of drug-likeness (QED) is 0.818. The number of aliphatic hydroxyl groups excluding tert-OH is 1. The molecule has 0 bridgehead atoms. The van der Waals surface area contributed by atoms with E-state index >= 15 is 0 Å². The molecule has 0 saturated heterocycles. The molecule has 2 N–H and O–H groups in total. The van der Waals surface area contributed by atoms with Crippen LogP contribution in [-0.4, -0.2) is 33.8 Å². The van der Waals surface area contributed by atoms with Gasteiger partial charge in [-0.1, -0.05) is 11.6 Å². The number of benzene rings is 1. The minimum Gasteiger partial charge on any atom is -0.495 e. The molecule has 90 valence electrons. The highest BCUT2D eigenvalue weighted by Gasteiger charge is 2.19. The molecule has 1 aromatic rings. The minimum absolute atomic E-state index is 0.0454. The van der Waals surface area contributed by atoms with Gasteiger partial charge in [-0.2, -0.15) is 0 Å². The largest absolute Gasteiger partial charge is 0.495 e. The van der Waals surface area contributed by atoms with Crippen LogP contribution in [0.4, 0.5) is 0 Å². The van der Waals surface area contributed by atoms with Crippen molar-refractivity contribution in [3.8, 4) is 5.75 Å². The van der Waals surface area contributed by atoms with Gasteiger partial charge in [0.1, 0.15) is 10.6 Å². The number of aliphatic hydroxyl groups is 1. The molecule has 0 saturated carbocycles. The Bertz CT molecular complexity index is 461. The van der Waals surface area contributed by atoms with E-state index in [2.05, 4.69) is 4.72 Å². The summed E-state index contributed by atoms with van der Waals surface area (Å²) in [6, 6.07) is 4.29. The van der Waals surface area contributed by atoms with E-state index < -0.39 is 10.0 Å². The summed E-state index contributed by atoms with van der Waals surface area (Å²) in [5.41, 5.74) is 0. The Balaban J connectivity index is 3.15. The van der Waals surface area contributed by atoms with Crippen molar-refractivity contribution < 1.29 is 18.3 Å². The van der Waals surface area contributed by atoms with Gasteiger partial charge in [0.2, 0.25) is 10.0 Å². The molecule has 1 aromatic carbocycles. The maximum absolute atomic E-state index is 11.8. The second-order valence-electron chi connectivity index (χ2n) is 2.92. The molecule has 0 atom stereocenters. The predicted molar refractivity (Wildman–Crippen MR) is 60.3 cm³/mol. The number of halogens is 1. The molecule has 0 aromatic heterocycles. The molecule has 16 heavy (non-hydrogen) atoms. The fourth-order valence-corrected chi connectivity index (χ4v) is 2.57. The Labute approximate surface area is 99.0 Å². The van der Waals surface area contributed by atoms with Crippen LogP contribution in [0.3, 0.4) is 0 Å². The van der Waals surface area contributed by atoms with Crippen molar-refractivity contribution in [2.45, 2.75) is 4.90 Å². The monoisotopic (exact) mass is 265 g/mol. The standard InChI is InChI=1S/C9H12ClNO4S/c1-15-8-3-2-7(10)6-9(8)16(13,14)11-4-5-12/h2-3,6,11-12H,4-5H2,1H3. The molecule has 5 nitrogen and oxygen atoms in total. The van der Waals surface area contributed by atoms with Gasteiger partial charge in [-0.3, -0.25) is 0 Å². The zero-order valence-corrected chi connectivity index (χ0v) is 10.2. The van der Waals surface area contributed by atoms with Crippen LogP contribution in [0.2, 0.25) is 5.02 Å². The first-order valence-electron chi connectivity index (χ1n) is 4.45. The average molecular weight is 266 g/mol. The molecular weight excluding hydrogens is 254 g/mol. The average Bonchev–Trinajstić information content (AvgIpc) is 2.26. The second-order valence-corrected chi connectivity index (χ2v) is 5.09. The van der Waals surface area contributed by atoms with E-state index in [0.29, 0.717) is 5.02 Å². The molecule has 0 spiro atoms. The lowest BCUT2D eigenvalue weighted by Crippen LogP contribution is -2.27. The highest BCUT2D eigenvalue weighted by molar-refractivity contribution is 7.89. The van der Waals surface area contributed by atoms with Crippen LogP contribution in [-0.2, 0) is 10.0 Å². The minimum atomic E-state index is -3.71. The Morgan fingerprint density at radius 1 is 1.50 bits per heavy atom. The summed E-state index contributed by atoms with van der Waals surface area (Å²) >= 11 is 5.72. The Hall–Kier alpha value is -0.820. The molecule has 0 heterocycles. The molecule has 0 aliphatic rings. The van der Waals surface area contributed by atoms with Crippen molar-refractivity contribution >= 4 is 21.6 Å². The van der Waals surface area contributed by atoms with Crippen LogP contribution in [0.1, 0.15) is 0 Å². The van der Waals surface area contributed by atoms with Gasteiger partial charge in [0.05, 0.1) is 13.7 Å². The topological polar surface area (TPSA) is 75.6 Å². The lowest BCUT2D eigenvalue weighted by atomic mass is 10.3. The van der Waals surface area contributed by atoms with Crippen molar-refractivity contribution in [1.29, 1.82) is 0 Å². The van der Waals surface area contributed by atoms with Crippen molar-refractivity contribution in [2.24, 2.45) is 0 Å². The molecule has 0 unspecified atom stereocenters. The third-order valence-electron chi connectivity index (χ3n) is 1.82. The van der Waals surface area contributed by atoms with E-state index in [-0.39, 0.29) is 23.8 Å². The van der Waals surface area contributed by atoms with E-state index in [1.807, 2.05) is 0 Å². The summed E-state index contributed by atoms with van der Waals surface area (Å²) in [4.78, 5) is -0.0454. The summed E-state index contributed by atoms with van der Waals surface area (Å²) in [6.45, 7) is -0.333. The maximum Gasteiger partial charge on any atom is 0.244 e. The molecule has 0 fully saturated rings. The van der Waals surface area contributed by atoms with Gasteiger partial charge in [0.25, 0.3) is 0 Å². The van der Waals surface area contributed by atoms with Gasteiger partial charge in [-0.25, -0.2) is 13.1 Å². The van der Waals surface area contributed by atoms with Gasteiger partial charge in [-0.05, 0) is 18.2 Å². The summed E-state index contributed by atoms with van der Waals surface area (Å²) < 4.78 is 30.7. The van der Waals surface area contributed by atoms with Crippen LogP contribution in [0.5, 0.6) is 5.75 Å². The lowest BCUT2D eigenvalue weighted by molar-refractivity contribution is 0.301. The van der Waals surface area contributed by atoms with E-state index in [4.69, 9.17) is 21.4 Å². The molecule has 7 heteroatoms. The zero-order valence-electron chi connectivity index (χ0n) is 8.60. The molecule has 0 radical (unpaired) electrons. The first-order chi connectivity index (χ1) is 7.51. The van der Waals surface area contributed by atoms with Gasteiger partial charge in [0.15, 0.2) is 0 Å². The fourth-order valence-electron chi connectivity index (χ4n) is 1.12. The van der Waals surface area contributed by atoms with E-state index in [1.165, 1.54) is 25.3 Å². The third-order valence-corrected chi connectivity index (χ3v) is 3.54. The van der Waals surface area contributed by atoms with Crippen molar-refractivity contribution in [1.82, 2.24) is 4.72 Å². The van der Waals surface area contributed by atoms with Crippen LogP contribution in [0.25, 0.3) is 0 Å². The first-order valence-corrected chi connectivity index (χ1v) is 6.31. The smallest absolute Gasteiger partial charge is 0.244 e. The Kier molecular flexibility index (Phi) is 4.55. The predicted octanol–water partition coefficient (Wildman–Crippen LogP) is 0.619. The highest BCUT2D eigenvalue weighted by atomic mass is 35.5. The van der Waals surface area contributed by atoms with Crippen LogP contribution < -0.4 is 9.46 Å². The summed E-state index contributed by atoms with van der Waals surface area (Å²) in [5.74, 6) is 0.204. The SMILES string of the molecule is COc1ccc(Cl)cc1S(=O)(=O)NCCO. The molecule has 0 aliphatic heterocycles. The number of ether oxygens (including phenoxy) is 1. The molecule has 1 rings (SSSR count). The Morgan fingerprint density at radius 2 is 2.19 bits per heavy atom. The number of rotatable bonds is 5. The summed E-state index contributed by atoms with van der Waals surface area (Å²) in [6.07, 6.45) is 0. The number of sulfonamides is 1. The normalized spacial score (nSPS) is 11.4. The number of hydrogen-bond acceptors (Lipinski definition) is 4. The number of hydrogen-bond donors (Lipinski definition) is 2. The lowest BCUT2D eigenvalue weighted by Gasteiger charge is -2.10. The van der Waals surface area contributed by atoms with E-state index in [9.17, 15) is 8.42 Å². The van der Waals surface area contributed by atoms with Crippen LogP contribution in [0.15, 0.2) is 23.1 Å². The van der Waals surface area contributed by atoms with Gasteiger partial charge >= 0.3 is 0 Å². The van der Waals surface area contributed by atoms with Crippen molar-refractivity contribution in [2.75, 3.05) is 20.3 Å². The molecule has 0 amide bonds. The van der Waals surface area contributed by atoms with E-state index in [0.717, 1.165) is 0 Å². The summed E-state index contributed by atoms with van der Waals surface area (Å²) in [5, 5.41) is 8.87. The van der Waals surface area contributed by atoms with Crippen LogP contribution in [0, 0.1) is 0 Å². The van der Waals surface area contributed by atoms with Crippen molar-refractivity contribution in [3.63, 3.8) is 0 Å². The fraction of sp³-hybridized carbons (Fsp3) is 0.333. The number of nitrogens with one attached hydrogen (secondary N) is 1. The van der Waals surface area contributed by atoms with Crippen LogP contribution >= 0.6 is 11.6 Å². The van der Waals surface area contributed by atoms with Gasteiger partial charge in [0, 0.05) is 11.6 Å². The molecule has 0 aliphatic carbocycles. The molecular formula is C9H12ClNO4S. The zero-order chi connectivity index (χ0) is 12.2. The maximum atomic E-state index is 11.8. The Morgan fingerprint density at radius 3 is 2.75 bits per heavy atom. The number of methoxy groups -OCH3 is 1. The first kappa shape index (κ1) is 13.2. The highest BCUT2D eigenvalue weighted by Crippen LogP contribution is 2.26. The summed E-state index contributed by atoms with van der Waals surface area (Å²) in [7, 11) is -2.34. The third kappa shape index (κ3) is 3.08. The van der Waals surface area contributed by atoms with Gasteiger partial charge < -0.3 is 9.84 Å². The second kappa shape index (κ2) is 5.49. The van der Waals surface area contributed by atoms with Gasteiger partial charge in [-0.15, -0.1) is 0 Å². The van der Waals surface area contributed by atoms with E-state index in [1.54, 1.807) is 0 Å². The van der Waals surface area contributed by atoms with Crippen molar-refractivity contribution in [3.05, 3.63) is 23.2 Å².